The second kappa shape index (κ2) is 7.43. The molecule has 0 radical (unpaired) electrons. The van der Waals surface area contributed by atoms with E-state index in [1.54, 1.807) is 12.1 Å². The number of methoxy groups -OCH3 is 1. The lowest BCUT2D eigenvalue weighted by Crippen LogP contribution is -2.30. The first-order valence-corrected chi connectivity index (χ1v) is 6.46. The number of carbonyl (C=O) groups excluding carboxylic acids is 1. The molecule has 0 fully saturated rings. The van der Waals surface area contributed by atoms with Gasteiger partial charge >= 0.3 is 5.97 Å². The zero-order valence-electron chi connectivity index (χ0n) is 11.4. The van der Waals surface area contributed by atoms with Crippen molar-refractivity contribution in [1.29, 1.82) is 0 Å². The molecule has 2 rings (SSSR count). The van der Waals surface area contributed by atoms with E-state index < -0.39 is 0 Å². The van der Waals surface area contributed by atoms with Gasteiger partial charge in [0.15, 0.2) is 0 Å². The van der Waals surface area contributed by atoms with Crippen molar-refractivity contribution < 1.29 is 9.53 Å². The number of hydrogen-bond acceptors (Lipinski definition) is 4. The zero-order valence-corrected chi connectivity index (χ0v) is 11.4. The lowest BCUT2D eigenvalue weighted by Gasteiger charge is -2.07. The largest absolute Gasteiger partial charge is 0.465 e. The van der Waals surface area contributed by atoms with Gasteiger partial charge in [-0.05, 0) is 23.3 Å². The van der Waals surface area contributed by atoms with E-state index in [2.05, 4.69) is 27.7 Å². The molecule has 0 spiro atoms. The zero-order chi connectivity index (χ0) is 14.2. The molecule has 0 aromatic heterocycles. The van der Waals surface area contributed by atoms with Gasteiger partial charge in [-0.1, -0.05) is 42.5 Å². The van der Waals surface area contributed by atoms with E-state index in [1.165, 1.54) is 12.7 Å². The van der Waals surface area contributed by atoms with E-state index in [1.807, 2.05) is 30.3 Å². The number of esters is 1. The van der Waals surface area contributed by atoms with Crippen LogP contribution < -0.4 is 10.9 Å². The predicted octanol–water partition coefficient (Wildman–Crippen LogP) is 2.27. The van der Waals surface area contributed by atoms with Gasteiger partial charge in [-0.15, -0.1) is 0 Å². The van der Waals surface area contributed by atoms with E-state index in [-0.39, 0.29) is 5.97 Å². The van der Waals surface area contributed by atoms with Crippen LogP contribution in [0, 0.1) is 0 Å². The number of hydrogen-bond donors (Lipinski definition) is 2. The van der Waals surface area contributed by atoms with Crippen molar-refractivity contribution in [3.63, 3.8) is 0 Å². The summed E-state index contributed by atoms with van der Waals surface area (Å²) in [6.07, 6.45) is 0. The molecule has 0 saturated carbocycles. The SMILES string of the molecule is COC(=O)c1ccc(CNNCc2ccccc2)cc1. The highest BCUT2D eigenvalue weighted by Gasteiger charge is 2.03. The molecule has 4 nitrogen and oxygen atoms in total. The fraction of sp³-hybridized carbons (Fsp3) is 0.188. The van der Waals surface area contributed by atoms with Crippen molar-refractivity contribution in [2.45, 2.75) is 13.1 Å². The summed E-state index contributed by atoms with van der Waals surface area (Å²) in [6.45, 7) is 1.45. The third-order valence-electron chi connectivity index (χ3n) is 2.93. The molecule has 2 aromatic carbocycles. The third-order valence-corrected chi connectivity index (χ3v) is 2.93. The van der Waals surface area contributed by atoms with Crippen LogP contribution in [0.25, 0.3) is 0 Å². The minimum Gasteiger partial charge on any atom is -0.465 e. The maximum absolute atomic E-state index is 11.3. The maximum Gasteiger partial charge on any atom is 0.337 e. The Morgan fingerprint density at radius 2 is 1.45 bits per heavy atom. The van der Waals surface area contributed by atoms with Crippen LogP contribution in [0.1, 0.15) is 21.5 Å². The lowest BCUT2D eigenvalue weighted by atomic mass is 10.1. The van der Waals surface area contributed by atoms with Gasteiger partial charge in [0.05, 0.1) is 12.7 Å². The summed E-state index contributed by atoms with van der Waals surface area (Å²) in [7, 11) is 1.38. The number of benzene rings is 2. The number of nitrogens with one attached hydrogen (secondary N) is 2. The highest BCUT2D eigenvalue weighted by molar-refractivity contribution is 5.89. The van der Waals surface area contributed by atoms with Crippen LogP contribution in [-0.2, 0) is 17.8 Å². The smallest absolute Gasteiger partial charge is 0.337 e. The van der Waals surface area contributed by atoms with Gasteiger partial charge in [0, 0.05) is 13.1 Å². The molecule has 104 valence electrons. The average molecular weight is 270 g/mol. The fourth-order valence-corrected chi connectivity index (χ4v) is 1.80. The van der Waals surface area contributed by atoms with Crippen molar-refractivity contribution in [3.05, 3.63) is 71.3 Å². The van der Waals surface area contributed by atoms with Gasteiger partial charge in [0.25, 0.3) is 0 Å². The van der Waals surface area contributed by atoms with E-state index in [0.717, 1.165) is 12.1 Å². The first kappa shape index (κ1) is 14.2. The Morgan fingerprint density at radius 3 is 2.00 bits per heavy atom. The lowest BCUT2D eigenvalue weighted by molar-refractivity contribution is 0.0600. The summed E-state index contributed by atoms with van der Waals surface area (Å²) in [4.78, 5) is 11.3. The molecule has 0 heterocycles. The number of carbonyl (C=O) groups is 1. The normalized spacial score (nSPS) is 10.2. The number of hydrazine groups is 1. The Morgan fingerprint density at radius 1 is 0.900 bits per heavy atom. The van der Waals surface area contributed by atoms with Crippen LogP contribution in [-0.4, -0.2) is 13.1 Å². The summed E-state index contributed by atoms with van der Waals surface area (Å²) in [5.74, 6) is -0.313. The molecular weight excluding hydrogens is 252 g/mol. The molecule has 0 saturated heterocycles. The fourth-order valence-electron chi connectivity index (χ4n) is 1.80. The van der Waals surface area contributed by atoms with Crippen LogP contribution in [0.5, 0.6) is 0 Å². The molecule has 4 heteroatoms. The maximum atomic E-state index is 11.3. The van der Waals surface area contributed by atoms with Gasteiger partial charge in [-0.25, -0.2) is 4.79 Å². The second-order valence-corrected chi connectivity index (χ2v) is 4.38. The predicted molar refractivity (Wildman–Crippen MR) is 77.9 cm³/mol. The van der Waals surface area contributed by atoms with Crippen LogP contribution in [0.15, 0.2) is 54.6 Å². The summed E-state index contributed by atoms with van der Waals surface area (Å²) >= 11 is 0. The third kappa shape index (κ3) is 4.19. The summed E-state index contributed by atoms with van der Waals surface area (Å²) in [6, 6.07) is 17.5. The Kier molecular flexibility index (Phi) is 5.29. The molecule has 2 N–H and O–H groups in total. The molecule has 20 heavy (non-hydrogen) atoms. The quantitative estimate of drug-likeness (QED) is 0.480. The van der Waals surface area contributed by atoms with Crippen molar-refractivity contribution in [2.75, 3.05) is 7.11 Å². The van der Waals surface area contributed by atoms with E-state index in [4.69, 9.17) is 0 Å². The molecule has 0 aliphatic heterocycles. The minimum atomic E-state index is -0.313. The van der Waals surface area contributed by atoms with Gasteiger partial charge in [-0.2, -0.15) is 0 Å². The number of rotatable bonds is 6. The van der Waals surface area contributed by atoms with Crippen LogP contribution >= 0.6 is 0 Å². The number of ether oxygens (including phenoxy) is 1. The molecule has 0 atom stereocenters. The molecule has 0 aliphatic rings. The Balaban J connectivity index is 1.75. The molecule has 0 amide bonds. The molecule has 0 bridgehead atoms. The first-order valence-electron chi connectivity index (χ1n) is 6.46. The van der Waals surface area contributed by atoms with Gasteiger partial charge in [-0.3, -0.25) is 10.9 Å². The van der Waals surface area contributed by atoms with Crippen LogP contribution in [0.2, 0.25) is 0 Å². The minimum absolute atomic E-state index is 0.313. The molecule has 2 aromatic rings. The van der Waals surface area contributed by atoms with Crippen molar-refractivity contribution in [1.82, 2.24) is 10.9 Å². The van der Waals surface area contributed by atoms with Crippen molar-refractivity contribution >= 4 is 5.97 Å². The summed E-state index contributed by atoms with van der Waals surface area (Å²) < 4.78 is 4.66. The second-order valence-electron chi connectivity index (χ2n) is 4.38. The monoisotopic (exact) mass is 270 g/mol. The van der Waals surface area contributed by atoms with Gasteiger partial charge in [0.1, 0.15) is 0 Å². The van der Waals surface area contributed by atoms with Gasteiger partial charge in [0.2, 0.25) is 0 Å². The Bertz CT molecular complexity index is 538. The van der Waals surface area contributed by atoms with Crippen LogP contribution in [0.3, 0.4) is 0 Å². The standard InChI is InChI=1S/C16H18N2O2/c1-20-16(19)15-9-7-14(8-10-15)12-18-17-11-13-5-3-2-4-6-13/h2-10,17-18H,11-12H2,1H3. The summed E-state index contributed by atoms with van der Waals surface area (Å²) in [5, 5.41) is 0. The van der Waals surface area contributed by atoms with Crippen molar-refractivity contribution in [2.24, 2.45) is 0 Å². The Hall–Kier alpha value is -2.17. The molecular formula is C16H18N2O2. The summed E-state index contributed by atoms with van der Waals surface area (Å²) in [5.41, 5.74) is 9.19. The molecule has 0 aliphatic carbocycles. The van der Waals surface area contributed by atoms with Crippen molar-refractivity contribution in [3.8, 4) is 0 Å². The van der Waals surface area contributed by atoms with Crippen LogP contribution in [0.4, 0.5) is 0 Å². The topological polar surface area (TPSA) is 50.4 Å². The average Bonchev–Trinajstić information content (AvgIpc) is 2.52. The van der Waals surface area contributed by atoms with E-state index in [9.17, 15) is 4.79 Å². The van der Waals surface area contributed by atoms with E-state index in [0.29, 0.717) is 12.1 Å². The highest BCUT2D eigenvalue weighted by atomic mass is 16.5. The van der Waals surface area contributed by atoms with E-state index >= 15 is 0 Å². The van der Waals surface area contributed by atoms with Gasteiger partial charge < -0.3 is 4.74 Å². The highest BCUT2D eigenvalue weighted by Crippen LogP contribution is 2.05. The Labute approximate surface area is 118 Å². The molecule has 0 unspecified atom stereocenters. The first-order chi connectivity index (χ1) is 9.79.